The molecule has 2 aromatic rings. The fourth-order valence-electron chi connectivity index (χ4n) is 1.62. The molecule has 0 atom stereocenters. The maximum absolute atomic E-state index is 11.5. The monoisotopic (exact) mass is 287 g/mol. The number of anilines is 1. The summed E-state index contributed by atoms with van der Waals surface area (Å²) in [6, 6.07) is 7.55. The highest BCUT2D eigenvalue weighted by Gasteiger charge is 2.15. The maximum atomic E-state index is 11.5. The molecule has 1 heterocycles. The lowest BCUT2D eigenvalue weighted by atomic mass is 10.2. The molecule has 4 N–H and O–H groups in total. The third kappa shape index (κ3) is 3.08. The van der Waals surface area contributed by atoms with Gasteiger partial charge >= 0.3 is 5.97 Å². The van der Waals surface area contributed by atoms with Crippen molar-refractivity contribution in [1.29, 1.82) is 0 Å². The number of ether oxygens (including phenoxy) is 2. The van der Waals surface area contributed by atoms with E-state index < -0.39 is 11.9 Å². The van der Waals surface area contributed by atoms with Crippen LogP contribution >= 0.6 is 0 Å². The van der Waals surface area contributed by atoms with Gasteiger partial charge < -0.3 is 20.9 Å². The largest absolute Gasteiger partial charge is 0.465 e. The molecule has 1 aromatic heterocycles. The van der Waals surface area contributed by atoms with E-state index in [0.717, 1.165) is 0 Å². The van der Waals surface area contributed by atoms with Gasteiger partial charge in [0.15, 0.2) is 0 Å². The molecule has 0 unspecified atom stereocenters. The molecule has 1 amide bonds. The van der Waals surface area contributed by atoms with E-state index in [2.05, 4.69) is 9.72 Å². The minimum absolute atomic E-state index is 0.0725. The molecule has 0 saturated carbocycles. The molecule has 0 aliphatic heterocycles. The van der Waals surface area contributed by atoms with Crippen LogP contribution in [0.15, 0.2) is 36.5 Å². The summed E-state index contributed by atoms with van der Waals surface area (Å²) in [7, 11) is 1.26. The summed E-state index contributed by atoms with van der Waals surface area (Å²) in [5.74, 6) is -0.637. The molecule has 0 radical (unpaired) electrons. The number of hydrogen-bond donors (Lipinski definition) is 2. The van der Waals surface area contributed by atoms with Gasteiger partial charge in [-0.1, -0.05) is 0 Å². The van der Waals surface area contributed by atoms with Crippen molar-refractivity contribution in [2.24, 2.45) is 5.73 Å². The van der Waals surface area contributed by atoms with Crippen LogP contribution in [-0.4, -0.2) is 24.0 Å². The van der Waals surface area contributed by atoms with E-state index in [4.69, 9.17) is 16.2 Å². The molecule has 0 aliphatic rings. The molecule has 7 nitrogen and oxygen atoms in total. The van der Waals surface area contributed by atoms with Gasteiger partial charge in [0.2, 0.25) is 11.8 Å². The molecule has 7 heteroatoms. The van der Waals surface area contributed by atoms with Crippen LogP contribution in [0.2, 0.25) is 0 Å². The number of aromatic nitrogens is 1. The highest BCUT2D eigenvalue weighted by atomic mass is 16.5. The second-order valence-corrected chi connectivity index (χ2v) is 4.06. The van der Waals surface area contributed by atoms with Crippen LogP contribution in [0.25, 0.3) is 0 Å². The summed E-state index contributed by atoms with van der Waals surface area (Å²) in [6.07, 6.45) is 1.38. The summed E-state index contributed by atoms with van der Waals surface area (Å²) >= 11 is 0. The number of nitrogen functional groups attached to an aromatic ring is 1. The van der Waals surface area contributed by atoms with Gasteiger partial charge in [0, 0.05) is 11.8 Å². The predicted molar refractivity (Wildman–Crippen MR) is 75.0 cm³/mol. The van der Waals surface area contributed by atoms with E-state index in [9.17, 15) is 9.59 Å². The Kier molecular flexibility index (Phi) is 4.03. The van der Waals surface area contributed by atoms with Gasteiger partial charge in [-0.15, -0.1) is 0 Å². The number of methoxy groups -OCH3 is 1. The fraction of sp³-hybridized carbons (Fsp3) is 0.0714. The van der Waals surface area contributed by atoms with Crippen LogP contribution in [0, 0.1) is 0 Å². The fourth-order valence-corrected chi connectivity index (χ4v) is 1.62. The van der Waals surface area contributed by atoms with Crippen LogP contribution in [0.3, 0.4) is 0 Å². The second kappa shape index (κ2) is 5.91. The van der Waals surface area contributed by atoms with Crippen molar-refractivity contribution < 1.29 is 19.1 Å². The molecule has 21 heavy (non-hydrogen) atoms. The lowest BCUT2D eigenvalue weighted by molar-refractivity contribution is 0.0601. The molecule has 0 aliphatic carbocycles. The molecular formula is C14H13N3O4. The Hall–Kier alpha value is -3.09. The van der Waals surface area contributed by atoms with Crippen LogP contribution in [0.1, 0.15) is 20.7 Å². The highest BCUT2D eigenvalue weighted by molar-refractivity contribution is 5.96. The van der Waals surface area contributed by atoms with Gasteiger partial charge in [-0.05, 0) is 30.3 Å². The normalized spacial score (nSPS) is 9.95. The number of esters is 1. The Labute approximate surface area is 120 Å². The standard InChI is InChI=1S/C14H13N3O4/c1-20-14(19)10-6-7-17-13(11(10)15)21-9-4-2-8(3-5-9)12(16)18/h2-7H,15H2,1H3,(H2,16,18). The van der Waals surface area contributed by atoms with E-state index in [-0.39, 0.29) is 17.1 Å². The quantitative estimate of drug-likeness (QED) is 0.819. The molecule has 0 saturated heterocycles. The van der Waals surface area contributed by atoms with Crippen molar-refractivity contribution in [1.82, 2.24) is 4.98 Å². The molecule has 0 spiro atoms. The molecule has 0 fully saturated rings. The first-order valence-corrected chi connectivity index (χ1v) is 5.93. The van der Waals surface area contributed by atoms with Crippen molar-refractivity contribution in [3.63, 3.8) is 0 Å². The van der Waals surface area contributed by atoms with Crippen LogP contribution in [-0.2, 0) is 4.74 Å². The summed E-state index contributed by atoms with van der Waals surface area (Å²) < 4.78 is 10.1. The van der Waals surface area contributed by atoms with Gasteiger partial charge in [0.1, 0.15) is 11.4 Å². The van der Waals surface area contributed by atoms with Gasteiger partial charge in [0.25, 0.3) is 0 Å². The SMILES string of the molecule is COC(=O)c1ccnc(Oc2ccc(C(N)=O)cc2)c1N. The van der Waals surface area contributed by atoms with E-state index in [1.807, 2.05) is 0 Å². The molecular weight excluding hydrogens is 274 g/mol. The summed E-state index contributed by atoms with van der Waals surface area (Å²) in [5.41, 5.74) is 11.6. The van der Waals surface area contributed by atoms with Crippen molar-refractivity contribution in [3.8, 4) is 11.6 Å². The van der Waals surface area contributed by atoms with Crippen molar-refractivity contribution in [3.05, 3.63) is 47.7 Å². The summed E-state index contributed by atoms with van der Waals surface area (Å²) in [4.78, 5) is 26.5. The lowest BCUT2D eigenvalue weighted by Crippen LogP contribution is -2.10. The average Bonchev–Trinajstić information content (AvgIpc) is 2.49. The topological polar surface area (TPSA) is 118 Å². The van der Waals surface area contributed by atoms with E-state index in [0.29, 0.717) is 11.3 Å². The molecule has 1 aromatic carbocycles. The Morgan fingerprint density at radius 3 is 2.38 bits per heavy atom. The number of pyridine rings is 1. The maximum Gasteiger partial charge on any atom is 0.340 e. The first-order chi connectivity index (χ1) is 10.0. The number of carbonyl (C=O) groups is 2. The lowest BCUT2D eigenvalue weighted by Gasteiger charge is -2.10. The second-order valence-electron chi connectivity index (χ2n) is 4.06. The molecule has 2 rings (SSSR count). The highest BCUT2D eigenvalue weighted by Crippen LogP contribution is 2.28. The van der Waals surface area contributed by atoms with E-state index in [1.54, 1.807) is 12.1 Å². The third-order valence-corrected chi connectivity index (χ3v) is 2.71. The number of nitrogens with two attached hydrogens (primary N) is 2. The van der Waals surface area contributed by atoms with Crippen molar-refractivity contribution in [2.75, 3.05) is 12.8 Å². The number of amides is 1. The number of carbonyl (C=O) groups excluding carboxylic acids is 2. The first kappa shape index (κ1) is 14.3. The first-order valence-electron chi connectivity index (χ1n) is 5.93. The Bertz CT molecular complexity index is 683. The van der Waals surface area contributed by atoms with Crippen molar-refractivity contribution >= 4 is 17.6 Å². The minimum atomic E-state index is -0.580. The number of nitrogens with zero attached hydrogens (tertiary/aromatic N) is 1. The van der Waals surface area contributed by atoms with Gasteiger partial charge in [0.05, 0.1) is 12.7 Å². The van der Waals surface area contributed by atoms with Crippen LogP contribution in [0.5, 0.6) is 11.6 Å². The van der Waals surface area contributed by atoms with Crippen LogP contribution < -0.4 is 16.2 Å². The molecule has 0 bridgehead atoms. The summed E-state index contributed by atoms with van der Waals surface area (Å²) in [6.45, 7) is 0. The molecule has 108 valence electrons. The van der Waals surface area contributed by atoms with Crippen LogP contribution in [0.4, 0.5) is 5.69 Å². The Morgan fingerprint density at radius 2 is 1.81 bits per heavy atom. The Morgan fingerprint density at radius 1 is 1.14 bits per heavy atom. The minimum Gasteiger partial charge on any atom is -0.465 e. The number of hydrogen-bond acceptors (Lipinski definition) is 6. The number of rotatable bonds is 4. The average molecular weight is 287 g/mol. The van der Waals surface area contributed by atoms with E-state index >= 15 is 0 Å². The summed E-state index contributed by atoms with van der Waals surface area (Å²) in [5, 5.41) is 0. The number of benzene rings is 1. The third-order valence-electron chi connectivity index (χ3n) is 2.71. The predicted octanol–water partition coefficient (Wildman–Crippen LogP) is 1.34. The van der Waals surface area contributed by atoms with Gasteiger partial charge in [-0.2, -0.15) is 0 Å². The number of primary amides is 1. The zero-order valence-electron chi connectivity index (χ0n) is 11.2. The zero-order chi connectivity index (χ0) is 15.4. The van der Waals surface area contributed by atoms with Crippen molar-refractivity contribution in [2.45, 2.75) is 0 Å². The smallest absolute Gasteiger partial charge is 0.340 e. The Balaban J connectivity index is 2.27. The van der Waals surface area contributed by atoms with Gasteiger partial charge in [-0.3, -0.25) is 4.79 Å². The zero-order valence-corrected chi connectivity index (χ0v) is 11.2. The van der Waals surface area contributed by atoms with E-state index in [1.165, 1.54) is 31.5 Å². The van der Waals surface area contributed by atoms with Gasteiger partial charge in [-0.25, -0.2) is 9.78 Å².